The highest BCUT2D eigenvalue weighted by Crippen LogP contribution is 2.45. The Hall–Kier alpha value is -2.12. The van der Waals surface area contributed by atoms with Gasteiger partial charge in [-0.2, -0.15) is 5.10 Å². The molecule has 3 rings (SSSR count). The van der Waals surface area contributed by atoms with E-state index in [0.29, 0.717) is 19.3 Å². The Kier molecular flexibility index (Phi) is 10.7. The number of aliphatic hydroxyl groups is 2. The molecule has 2 fully saturated rings. The van der Waals surface area contributed by atoms with Crippen molar-refractivity contribution in [2.45, 2.75) is 83.0 Å². The fourth-order valence-electron chi connectivity index (χ4n) is 4.07. The summed E-state index contributed by atoms with van der Waals surface area (Å²) in [6.07, 6.45) is 15.4. The van der Waals surface area contributed by atoms with E-state index in [1.165, 1.54) is 0 Å². The molecule has 7 heteroatoms. The number of unbranched alkanes of at least 4 members (excludes halogenated alkanes) is 3. The van der Waals surface area contributed by atoms with Gasteiger partial charge >= 0.3 is 5.97 Å². The minimum Gasteiger partial charge on any atom is -0.495 e. The van der Waals surface area contributed by atoms with E-state index in [1.807, 2.05) is 24.3 Å². The number of fused-ring (bicyclic) bond motifs is 1. The van der Waals surface area contributed by atoms with Gasteiger partial charge in [-0.25, -0.2) is 0 Å². The predicted octanol–water partition coefficient (Wildman–Crippen LogP) is 3.82. The number of aliphatic hydroxyl groups excluding tert-OH is 2. The summed E-state index contributed by atoms with van der Waals surface area (Å²) in [7, 11) is 0. The van der Waals surface area contributed by atoms with Crippen LogP contribution in [0.3, 0.4) is 0 Å². The summed E-state index contributed by atoms with van der Waals surface area (Å²) in [6, 6.07) is 1.83. The molecule has 30 heavy (non-hydrogen) atoms. The van der Waals surface area contributed by atoms with Crippen LogP contribution in [0.15, 0.2) is 42.4 Å². The first-order valence-corrected chi connectivity index (χ1v) is 11.1. The van der Waals surface area contributed by atoms with Gasteiger partial charge in [0.2, 0.25) is 0 Å². The highest BCUT2D eigenvalue weighted by Gasteiger charge is 2.46. The molecule has 5 atom stereocenters. The van der Waals surface area contributed by atoms with E-state index in [9.17, 15) is 15.0 Å². The third-order valence-corrected chi connectivity index (χ3v) is 5.66. The maximum absolute atomic E-state index is 10.5. The molecule has 2 heterocycles. The number of carboxylic acids is 1. The molecule has 4 N–H and O–H groups in total. The number of H-pyrrole nitrogens is 1. The fraction of sp³-hybridized carbons (Fsp3) is 0.652. The number of aliphatic carboxylic acids is 1. The van der Waals surface area contributed by atoms with Crippen molar-refractivity contribution in [3.63, 3.8) is 0 Å². The lowest BCUT2D eigenvalue weighted by Gasteiger charge is -2.16. The monoisotopic (exact) mass is 420 g/mol. The summed E-state index contributed by atoms with van der Waals surface area (Å²) >= 11 is 0. The van der Waals surface area contributed by atoms with Gasteiger partial charge in [0.1, 0.15) is 6.10 Å². The molecule has 0 amide bonds. The van der Waals surface area contributed by atoms with Crippen molar-refractivity contribution in [2.24, 2.45) is 11.8 Å². The Bertz CT molecular complexity index is 641. The van der Waals surface area contributed by atoms with Crippen LogP contribution in [0, 0.1) is 11.8 Å². The number of hydrogen-bond acceptors (Lipinski definition) is 5. The molecule has 1 aliphatic carbocycles. The minimum absolute atomic E-state index is 0.0238. The van der Waals surface area contributed by atoms with Gasteiger partial charge < -0.3 is 20.1 Å². The van der Waals surface area contributed by atoms with Crippen LogP contribution in [0.25, 0.3) is 0 Å². The number of hydrogen-bond donors (Lipinski definition) is 4. The normalized spacial score (nSPS) is 27.5. The van der Waals surface area contributed by atoms with Crippen LogP contribution < -0.4 is 0 Å². The van der Waals surface area contributed by atoms with Crippen LogP contribution >= 0.6 is 0 Å². The van der Waals surface area contributed by atoms with Crippen molar-refractivity contribution in [1.29, 1.82) is 0 Å². The number of aromatic amines is 1. The molecule has 168 valence electrons. The van der Waals surface area contributed by atoms with Gasteiger partial charge in [0, 0.05) is 43.5 Å². The third kappa shape index (κ3) is 8.32. The summed E-state index contributed by atoms with van der Waals surface area (Å²) in [4.78, 5) is 10.5. The number of allylic oxidation sites excluding steroid dienone is 2. The van der Waals surface area contributed by atoms with Crippen LogP contribution in [-0.2, 0) is 9.53 Å². The van der Waals surface area contributed by atoms with Crippen molar-refractivity contribution in [1.82, 2.24) is 10.2 Å². The lowest BCUT2D eigenvalue weighted by molar-refractivity contribution is -0.137. The number of rotatable bonds is 10. The Morgan fingerprint density at radius 3 is 2.87 bits per heavy atom. The topological polar surface area (TPSA) is 116 Å². The second-order valence-electron chi connectivity index (χ2n) is 8.08. The first kappa shape index (κ1) is 24.2. The SMILES string of the molecule is CCCCC[C@H](O)/C=C/[C@@H]1[C@H]2C/C(=C/CCCC(=O)O)O[C@H]2C[C@H]1O.c1cn[nH]c1. The third-order valence-electron chi connectivity index (χ3n) is 5.66. The first-order valence-electron chi connectivity index (χ1n) is 11.1. The van der Waals surface area contributed by atoms with E-state index >= 15 is 0 Å². The van der Waals surface area contributed by atoms with Gasteiger partial charge in [0.25, 0.3) is 0 Å². The van der Waals surface area contributed by atoms with E-state index in [4.69, 9.17) is 9.84 Å². The van der Waals surface area contributed by atoms with Gasteiger partial charge in [-0.3, -0.25) is 9.89 Å². The van der Waals surface area contributed by atoms with Crippen molar-refractivity contribution < 1.29 is 24.9 Å². The van der Waals surface area contributed by atoms with Crippen molar-refractivity contribution in [3.05, 3.63) is 42.4 Å². The van der Waals surface area contributed by atoms with Crippen LogP contribution in [0.5, 0.6) is 0 Å². The molecule has 1 saturated carbocycles. The Labute approximate surface area is 178 Å². The molecule has 0 bridgehead atoms. The van der Waals surface area contributed by atoms with Gasteiger partial charge in [0.15, 0.2) is 0 Å². The number of nitrogens with one attached hydrogen (secondary N) is 1. The zero-order valence-electron chi connectivity index (χ0n) is 17.8. The number of carboxylic acid groups (broad SMARTS) is 1. The predicted molar refractivity (Wildman–Crippen MR) is 115 cm³/mol. The van der Waals surface area contributed by atoms with Crippen LogP contribution in [0.1, 0.15) is 64.7 Å². The van der Waals surface area contributed by atoms with Gasteiger partial charge in [-0.1, -0.05) is 38.3 Å². The summed E-state index contributed by atoms with van der Waals surface area (Å²) < 4.78 is 5.94. The molecule has 1 aliphatic heterocycles. The van der Waals surface area contributed by atoms with E-state index in [0.717, 1.165) is 37.9 Å². The van der Waals surface area contributed by atoms with Crippen molar-refractivity contribution in [2.75, 3.05) is 0 Å². The second kappa shape index (κ2) is 13.2. The fourth-order valence-corrected chi connectivity index (χ4v) is 4.07. The zero-order valence-corrected chi connectivity index (χ0v) is 17.8. The molecule has 1 saturated heterocycles. The Balaban J connectivity index is 0.000000558. The molecular formula is C23H36N2O5. The number of carbonyl (C=O) groups is 1. The second-order valence-corrected chi connectivity index (χ2v) is 8.08. The molecule has 0 spiro atoms. The molecule has 0 unspecified atom stereocenters. The average molecular weight is 421 g/mol. The standard InChI is InChI=1S/C20H32O5.C3H4N2/c1-2-3-4-7-14(21)10-11-16-17-12-15(8-5-6-9-20(23)24)25-19(17)13-18(16)22;1-2-4-5-3-1/h8,10-11,14,16-19,21-22H,2-7,9,12-13H2,1H3,(H,23,24);1-3H,(H,4,5)/b11-10+,15-8-;/t14-,16+,17+,18+,19-;/m0./s1. The van der Waals surface area contributed by atoms with E-state index in [1.54, 1.807) is 12.4 Å². The van der Waals surface area contributed by atoms with Crippen molar-refractivity contribution in [3.8, 4) is 0 Å². The summed E-state index contributed by atoms with van der Waals surface area (Å²) in [5, 5.41) is 35.2. The van der Waals surface area contributed by atoms with E-state index < -0.39 is 18.2 Å². The van der Waals surface area contributed by atoms with Gasteiger partial charge in [0.05, 0.1) is 18.0 Å². The smallest absolute Gasteiger partial charge is 0.303 e. The zero-order chi connectivity index (χ0) is 21.8. The maximum Gasteiger partial charge on any atom is 0.303 e. The molecule has 2 aliphatic rings. The van der Waals surface area contributed by atoms with Gasteiger partial charge in [-0.05, 0) is 31.4 Å². The van der Waals surface area contributed by atoms with E-state index in [-0.39, 0.29) is 24.4 Å². The molecule has 1 aromatic heterocycles. The summed E-state index contributed by atoms with van der Waals surface area (Å²) in [5.74, 6) is 0.429. The van der Waals surface area contributed by atoms with Gasteiger partial charge in [-0.15, -0.1) is 0 Å². The summed E-state index contributed by atoms with van der Waals surface area (Å²) in [5.41, 5.74) is 0. The Morgan fingerprint density at radius 1 is 1.40 bits per heavy atom. The first-order chi connectivity index (χ1) is 14.5. The molecule has 0 radical (unpaired) electrons. The van der Waals surface area contributed by atoms with Crippen molar-refractivity contribution >= 4 is 5.97 Å². The summed E-state index contributed by atoms with van der Waals surface area (Å²) in [6.45, 7) is 2.14. The highest BCUT2D eigenvalue weighted by molar-refractivity contribution is 5.66. The average Bonchev–Trinajstić information content (AvgIpc) is 3.44. The number of ether oxygens (including phenoxy) is 1. The highest BCUT2D eigenvalue weighted by atomic mass is 16.5. The number of nitrogens with zero attached hydrogens (tertiary/aromatic N) is 1. The largest absolute Gasteiger partial charge is 0.495 e. The lowest BCUT2D eigenvalue weighted by Crippen LogP contribution is -2.18. The van der Waals surface area contributed by atoms with Crippen LogP contribution in [0.2, 0.25) is 0 Å². The molecule has 7 nitrogen and oxygen atoms in total. The molecular weight excluding hydrogens is 384 g/mol. The van der Waals surface area contributed by atoms with Crippen LogP contribution in [-0.4, -0.2) is 49.8 Å². The Morgan fingerprint density at radius 2 is 2.23 bits per heavy atom. The van der Waals surface area contributed by atoms with E-state index in [2.05, 4.69) is 17.1 Å². The lowest BCUT2D eigenvalue weighted by atomic mass is 9.90. The molecule has 0 aromatic carbocycles. The molecule has 1 aromatic rings. The van der Waals surface area contributed by atoms with Crippen LogP contribution in [0.4, 0.5) is 0 Å². The quantitative estimate of drug-likeness (QED) is 0.338. The number of aromatic nitrogens is 2. The maximum atomic E-state index is 10.5. The minimum atomic E-state index is -0.770.